The lowest BCUT2D eigenvalue weighted by molar-refractivity contribution is -0.139. The van der Waals surface area contributed by atoms with Gasteiger partial charge >= 0.3 is 5.97 Å². The summed E-state index contributed by atoms with van der Waals surface area (Å²) in [5.74, 6) is 2.18. The van der Waals surface area contributed by atoms with Crippen molar-refractivity contribution in [2.24, 2.45) is 5.73 Å². The Labute approximate surface area is 159 Å². The summed E-state index contributed by atoms with van der Waals surface area (Å²) in [7, 11) is 4.54. The zero-order valence-corrected chi connectivity index (χ0v) is 16.3. The number of rotatable bonds is 5. The van der Waals surface area contributed by atoms with Crippen LogP contribution in [0.15, 0.2) is 24.3 Å². The molecule has 0 atom stereocenters. The van der Waals surface area contributed by atoms with Gasteiger partial charge in [0.1, 0.15) is 23.0 Å². The lowest BCUT2D eigenvalue weighted by atomic mass is 9.74. The molecule has 0 amide bonds. The number of ether oxygens (including phenoxy) is 4. The third kappa shape index (κ3) is 3.00. The average Bonchev–Trinajstić information content (AvgIpc) is 2.67. The second kappa shape index (κ2) is 7.12. The molecule has 1 aliphatic heterocycles. The molecule has 0 saturated carbocycles. The summed E-state index contributed by atoms with van der Waals surface area (Å²) in [4.78, 5) is 12.0. The van der Waals surface area contributed by atoms with Gasteiger partial charge in [-0.05, 0) is 12.1 Å². The van der Waals surface area contributed by atoms with E-state index < -0.39 is 0 Å². The molecule has 6 nitrogen and oxygen atoms in total. The van der Waals surface area contributed by atoms with E-state index in [4.69, 9.17) is 24.7 Å². The molecule has 0 spiro atoms. The molecule has 3 rings (SSSR count). The monoisotopic (exact) mass is 371 g/mol. The molecule has 2 N–H and O–H groups in total. The molecule has 0 saturated heterocycles. The highest BCUT2D eigenvalue weighted by Crippen LogP contribution is 2.53. The molecule has 1 aliphatic rings. The highest BCUT2D eigenvalue weighted by molar-refractivity contribution is 5.76. The van der Waals surface area contributed by atoms with Crippen molar-refractivity contribution in [2.45, 2.75) is 32.2 Å². The minimum atomic E-state index is -0.362. The summed E-state index contributed by atoms with van der Waals surface area (Å²) in [6.07, 6.45) is 0.0518. The fourth-order valence-electron chi connectivity index (χ4n) is 3.64. The van der Waals surface area contributed by atoms with E-state index in [1.807, 2.05) is 24.3 Å². The summed E-state index contributed by atoms with van der Waals surface area (Å²) < 4.78 is 22.1. The molecule has 0 unspecified atom stereocenters. The minimum Gasteiger partial charge on any atom is -0.496 e. The van der Waals surface area contributed by atoms with Crippen LogP contribution >= 0.6 is 0 Å². The zero-order valence-electron chi connectivity index (χ0n) is 16.3. The number of fused-ring (bicyclic) bond motifs is 2. The van der Waals surface area contributed by atoms with Crippen LogP contribution in [-0.4, -0.2) is 27.3 Å². The van der Waals surface area contributed by atoms with Crippen LogP contribution in [0.5, 0.6) is 23.0 Å². The lowest BCUT2D eigenvalue weighted by Gasteiger charge is -2.37. The maximum atomic E-state index is 12.0. The predicted octanol–water partition coefficient (Wildman–Crippen LogP) is 3.31. The number of nitrogens with two attached hydrogens (primary N) is 1. The molecule has 0 fully saturated rings. The van der Waals surface area contributed by atoms with Crippen molar-refractivity contribution in [2.75, 3.05) is 21.3 Å². The Balaban J connectivity index is 2.27. The molecule has 0 aromatic heterocycles. The van der Waals surface area contributed by atoms with E-state index in [1.165, 1.54) is 7.11 Å². The maximum Gasteiger partial charge on any atom is 0.310 e. The first kappa shape index (κ1) is 19.0. The van der Waals surface area contributed by atoms with Gasteiger partial charge in [0, 0.05) is 28.7 Å². The quantitative estimate of drug-likeness (QED) is 0.812. The largest absolute Gasteiger partial charge is 0.496 e. The highest BCUT2D eigenvalue weighted by atomic mass is 16.5. The topological polar surface area (TPSA) is 80.0 Å². The Bertz CT molecular complexity index is 889. The van der Waals surface area contributed by atoms with E-state index in [9.17, 15) is 4.79 Å². The first-order valence-corrected chi connectivity index (χ1v) is 8.74. The number of hydrogen-bond acceptors (Lipinski definition) is 6. The number of esters is 1. The molecule has 0 aliphatic carbocycles. The smallest absolute Gasteiger partial charge is 0.310 e. The van der Waals surface area contributed by atoms with Crippen molar-refractivity contribution in [3.05, 3.63) is 46.5 Å². The van der Waals surface area contributed by atoms with Crippen molar-refractivity contribution < 1.29 is 23.7 Å². The number of methoxy groups -OCH3 is 3. The van der Waals surface area contributed by atoms with Gasteiger partial charge in [0.05, 0.1) is 33.3 Å². The molecule has 0 radical (unpaired) electrons. The molecule has 0 bridgehead atoms. The summed E-state index contributed by atoms with van der Waals surface area (Å²) >= 11 is 0. The summed E-state index contributed by atoms with van der Waals surface area (Å²) in [6.45, 7) is 4.51. The van der Waals surface area contributed by atoms with Crippen LogP contribution in [0.4, 0.5) is 0 Å². The van der Waals surface area contributed by atoms with Gasteiger partial charge in [0.25, 0.3) is 0 Å². The van der Waals surface area contributed by atoms with Crippen molar-refractivity contribution in [1.29, 1.82) is 0 Å². The summed E-state index contributed by atoms with van der Waals surface area (Å²) in [5, 5.41) is 0. The predicted molar refractivity (Wildman–Crippen MR) is 102 cm³/mol. The van der Waals surface area contributed by atoms with Crippen LogP contribution in [0.3, 0.4) is 0 Å². The van der Waals surface area contributed by atoms with Gasteiger partial charge in [0.15, 0.2) is 0 Å². The molecule has 144 valence electrons. The van der Waals surface area contributed by atoms with Crippen LogP contribution in [0, 0.1) is 0 Å². The molecular weight excluding hydrogens is 346 g/mol. The Morgan fingerprint density at radius 2 is 1.48 bits per heavy atom. The first-order chi connectivity index (χ1) is 12.9. The normalized spacial score (nSPS) is 13.9. The summed E-state index contributed by atoms with van der Waals surface area (Å²) in [6, 6.07) is 7.75. The Morgan fingerprint density at radius 3 is 1.96 bits per heavy atom. The third-order valence-corrected chi connectivity index (χ3v) is 5.18. The van der Waals surface area contributed by atoms with Crippen molar-refractivity contribution in [3.8, 4) is 23.0 Å². The van der Waals surface area contributed by atoms with Crippen molar-refractivity contribution in [1.82, 2.24) is 0 Å². The third-order valence-electron chi connectivity index (χ3n) is 5.18. The highest BCUT2D eigenvalue weighted by Gasteiger charge is 2.38. The second-order valence-corrected chi connectivity index (χ2v) is 6.93. The standard InChI is InChI=1S/C21H25NO5/c1-21(2)14-6-8-16(24-3)12(10-18(23)26-5)19(14)27-20-13(11-22)17(25-4)9-7-15(20)21/h6-9H,10-11,22H2,1-5H3. The Morgan fingerprint density at radius 1 is 0.963 bits per heavy atom. The Hall–Kier alpha value is -2.73. The van der Waals surface area contributed by atoms with Crippen LogP contribution in [0.25, 0.3) is 0 Å². The number of carbonyl (C=O) groups excluding carboxylic acids is 1. The van der Waals surface area contributed by atoms with E-state index >= 15 is 0 Å². The molecular formula is C21H25NO5. The molecule has 2 aromatic carbocycles. The second-order valence-electron chi connectivity index (χ2n) is 6.93. The van der Waals surface area contributed by atoms with Gasteiger partial charge in [-0.3, -0.25) is 4.79 Å². The van der Waals surface area contributed by atoms with Gasteiger partial charge in [0.2, 0.25) is 0 Å². The van der Waals surface area contributed by atoms with Crippen molar-refractivity contribution in [3.63, 3.8) is 0 Å². The van der Waals surface area contributed by atoms with Gasteiger partial charge in [-0.1, -0.05) is 26.0 Å². The Kier molecular flexibility index (Phi) is 5.02. The first-order valence-electron chi connectivity index (χ1n) is 8.74. The molecule has 1 heterocycles. The number of benzene rings is 2. The van der Waals surface area contributed by atoms with E-state index in [-0.39, 0.29) is 24.3 Å². The van der Waals surface area contributed by atoms with Crippen LogP contribution < -0.4 is 19.9 Å². The van der Waals surface area contributed by atoms with Gasteiger partial charge in [-0.2, -0.15) is 0 Å². The van der Waals surface area contributed by atoms with E-state index in [1.54, 1.807) is 14.2 Å². The molecule has 6 heteroatoms. The van der Waals surface area contributed by atoms with Crippen LogP contribution in [-0.2, 0) is 27.9 Å². The zero-order chi connectivity index (χ0) is 19.8. The fourth-order valence-corrected chi connectivity index (χ4v) is 3.64. The number of hydrogen-bond donors (Lipinski definition) is 1. The van der Waals surface area contributed by atoms with Gasteiger partial charge in [-0.15, -0.1) is 0 Å². The SMILES string of the molecule is COC(=O)Cc1c(OC)ccc2c1Oc1c(ccc(OC)c1CN)C2(C)C. The van der Waals surface area contributed by atoms with Gasteiger partial charge < -0.3 is 24.7 Å². The minimum absolute atomic E-state index is 0.0518. The van der Waals surface area contributed by atoms with E-state index in [0.717, 1.165) is 16.7 Å². The fraction of sp³-hybridized carbons (Fsp3) is 0.381. The summed E-state index contributed by atoms with van der Waals surface area (Å²) in [5.41, 5.74) is 9.09. The maximum absolute atomic E-state index is 12.0. The lowest BCUT2D eigenvalue weighted by Crippen LogP contribution is -2.26. The van der Waals surface area contributed by atoms with Crippen LogP contribution in [0.1, 0.15) is 36.1 Å². The van der Waals surface area contributed by atoms with E-state index in [2.05, 4.69) is 13.8 Å². The van der Waals surface area contributed by atoms with Crippen LogP contribution in [0.2, 0.25) is 0 Å². The van der Waals surface area contributed by atoms with E-state index in [0.29, 0.717) is 28.6 Å². The van der Waals surface area contributed by atoms with Crippen molar-refractivity contribution >= 4 is 5.97 Å². The number of carbonyl (C=O) groups is 1. The molecule has 27 heavy (non-hydrogen) atoms. The molecule has 2 aromatic rings. The average molecular weight is 371 g/mol. The van der Waals surface area contributed by atoms with Gasteiger partial charge in [-0.25, -0.2) is 0 Å².